The Bertz CT molecular complexity index is 690. The van der Waals surface area contributed by atoms with Gasteiger partial charge < -0.3 is 14.2 Å². The van der Waals surface area contributed by atoms with E-state index >= 15 is 0 Å². The Labute approximate surface area is 117 Å². The number of halogens is 1. The fourth-order valence-corrected chi connectivity index (χ4v) is 2.60. The fourth-order valence-electron chi connectivity index (χ4n) is 2.43. The third-order valence-corrected chi connectivity index (χ3v) is 3.62. The zero-order valence-electron chi connectivity index (χ0n) is 10.1. The Morgan fingerprint density at radius 1 is 1.35 bits per heavy atom. The van der Waals surface area contributed by atoms with Crippen molar-refractivity contribution in [2.75, 3.05) is 13.4 Å². The molecule has 2 saturated heterocycles. The molecule has 0 spiro atoms. The number of ketones is 1. The first-order valence-corrected chi connectivity index (χ1v) is 6.35. The molecule has 0 aromatic carbocycles. The molecule has 4 rings (SSSR count). The Morgan fingerprint density at radius 2 is 2.25 bits per heavy atom. The van der Waals surface area contributed by atoms with E-state index in [2.05, 4.69) is 15.0 Å². The molecular weight excluding hydrogens is 288 g/mol. The quantitative estimate of drug-likeness (QED) is 0.700. The molecule has 20 heavy (non-hydrogen) atoms. The van der Waals surface area contributed by atoms with Crippen LogP contribution in [-0.2, 0) is 19.0 Å². The third kappa shape index (κ3) is 1.66. The van der Waals surface area contributed by atoms with E-state index in [9.17, 15) is 4.79 Å². The minimum Gasteiger partial charge on any atom is -0.353 e. The Morgan fingerprint density at radius 3 is 3.10 bits per heavy atom. The molecule has 0 saturated carbocycles. The second-order valence-corrected chi connectivity index (χ2v) is 4.85. The van der Waals surface area contributed by atoms with E-state index in [1.54, 1.807) is 0 Å². The number of hydrogen-bond donors (Lipinski definition) is 0. The van der Waals surface area contributed by atoms with Gasteiger partial charge >= 0.3 is 0 Å². The Hall–Kier alpha value is -1.61. The largest absolute Gasteiger partial charge is 0.353 e. The van der Waals surface area contributed by atoms with Crippen LogP contribution in [0.25, 0.3) is 11.2 Å². The van der Waals surface area contributed by atoms with Crippen LogP contribution in [0.5, 0.6) is 0 Å². The summed E-state index contributed by atoms with van der Waals surface area (Å²) in [5, 5.41) is 0.233. The third-order valence-electron chi connectivity index (χ3n) is 3.34. The van der Waals surface area contributed by atoms with Crippen molar-refractivity contribution in [1.82, 2.24) is 19.5 Å². The average molecular weight is 297 g/mol. The minimum atomic E-state index is -0.831. The highest BCUT2D eigenvalue weighted by molar-refractivity contribution is 6.33. The maximum Gasteiger partial charge on any atom is 0.214 e. The molecule has 2 aliphatic heterocycles. The van der Waals surface area contributed by atoms with Gasteiger partial charge in [-0.05, 0) is 0 Å². The summed E-state index contributed by atoms with van der Waals surface area (Å²) in [5.41, 5.74) is 0.875. The second-order valence-electron chi connectivity index (χ2n) is 4.49. The van der Waals surface area contributed by atoms with Crippen molar-refractivity contribution >= 4 is 28.5 Å². The molecular formula is C11H9ClN4O4. The predicted molar refractivity (Wildman–Crippen MR) is 64.9 cm³/mol. The summed E-state index contributed by atoms with van der Waals surface area (Å²) in [6.45, 7) is 0.428. The van der Waals surface area contributed by atoms with Crippen molar-refractivity contribution in [3.05, 3.63) is 17.8 Å². The Balaban J connectivity index is 1.76. The van der Waals surface area contributed by atoms with Gasteiger partial charge in [-0.1, -0.05) is 11.6 Å². The lowest BCUT2D eigenvalue weighted by Gasteiger charge is -2.22. The van der Waals surface area contributed by atoms with E-state index < -0.39 is 18.4 Å². The van der Waals surface area contributed by atoms with Crippen molar-refractivity contribution in [3.63, 3.8) is 0 Å². The van der Waals surface area contributed by atoms with E-state index in [1.807, 2.05) is 0 Å². The number of ether oxygens (including phenoxy) is 3. The van der Waals surface area contributed by atoms with Crippen LogP contribution in [0.3, 0.4) is 0 Å². The van der Waals surface area contributed by atoms with Crippen LogP contribution in [0.2, 0.25) is 5.15 Å². The number of carbonyl (C=O) groups is 1. The standard InChI is InChI=1S/C11H9ClN4O4/c12-9-6-10(14-2-13-9)16(3-15-6)11-7(17)8-5(20-11)1-18-4-19-8/h2-3,5,8,11H,1,4H2/t5-,8?,11-/m1/s1. The van der Waals surface area contributed by atoms with E-state index in [0.29, 0.717) is 17.8 Å². The number of carbonyl (C=O) groups excluding carboxylic acids is 1. The zero-order chi connectivity index (χ0) is 13.7. The van der Waals surface area contributed by atoms with Crippen molar-refractivity contribution in [2.24, 2.45) is 0 Å². The molecule has 2 aromatic heterocycles. The number of imidazole rings is 1. The molecule has 2 aliphatic rings. The number of aromatic nitrogens is 4. The van der Waals surface area contributed by atoms with Crippen LogP contribution in [-0.4, -0.2) is 50.9 Å². The molecule has 2 fully saturated rings. The van der Waals surface area contributed by atoms with Crippen LogP contribution in [0.4, 0.5) is 0 Å². The number of nitrogens with zero attached hydrogens (tertiary/aromatic N) is 4. The number of hydrogen-bond acceptors (Lipinski definition) is 7. The zero-order valence-corrected chi connectivity index (χ0v) is 10.9. The van der Waals surface area contributed by atoms with Gasteiger partial charge in [0.1, 0.15) is 24.7 Å². The van der Waals surface area contributed by atoms with Gasteiger partial charge in [-0.15, -0.1) is 0 Å². The molecule has 1 unspecified atom stereocenters. The summed E-state index contributed by atoms with van der Waals surface area (Å²) in [7, 11) is 0. The molecule has 8 nitrogen and oxygen atoms in total. The monoisotopic (exact) mass is 296 g/mol. The normalized spacial score (nSPS) is 29.9. The van der Waals surface area contributed by atoms with Crippen LogP contribution >= 0.6 is 11.6 Å². The maximum atomic E-state index is 12.3. The molecule has 0 bridgehead atoms. The van der Waals surface area contributed by atoms with Crippen molar-refractivity contribution in [2.45, 2.75) is 18.4 Å². The van der Waals surface area contributed by atoms with Gasteiger partial charge in [0.05, 0.1) is 12.9 Å². The summed E-state index contributed by atoms with van der Waals surface area (Å²) in [6.07, 6.45) is 0.933. The maximum absolute atomic E-state index is 12.3. The summed E-state index contributed by atoms with van der Waals surface area (Å²) >= 11 is 5.94. The SMILES string of the molecule is O=C1C2OCOC[C@H]2O[C@H]1n1cnc2c(Cl)ncnc21. The van der Waals surface area contributed by atoms with E-state index in [4.69, 9.17) is 25.8 Å². The molecule has 0 aliphatic carbocycles. The molecule has 3 atom stereocenters. The second kappa shape index (κ2) is 4.45. The van der Waals surface area contributed by atoms with Gasteiger partial charge in [0.2, 0.25) is 5.78 Å². The van der Waals surface area contributed by atoms with Gasteiger partial charge in [0.25, 0.3) is 0 Å². The van der Waals surface area contributed by atoms with Gasteiger partial charge in [-0.25, -0.2) is 15.0 Å². The van der Waals surface area contributed by atoms with Crippen molar-refractivity contribution in [3.8, 4) is 0 Å². The topological polar surface area (TPSA) is 88.4 Å². The van der Waals surface area contributed by atoms with Crippen LogP contribution in [0.15, 0.2) is 12.7 Å². The smallest absolute Gasteiger partial charge is 0.214 e. The lowest BCUT2D eigenvalue weighted by atomic mass is 10.1. The molecule has 4 heterocycles. The highest BCUT2D eigenvalue weighted by Gasteiger charge is 2.47. The van der Waals surface area contributed by atoms with E-state index in [-0.39, 0.29) is 17.7 Å². The molecule has 0 radical (unpaired) electrons. The van der Waals surface area contributed by atoms with E-state index in [0.717, 1.165) is 0 Å². The van der Waals surface area contributed by atoms with Gasteiger partial charge in [-0.3, -0.25) is 9.36 Å². The first-order chi connectivity index (χ1) is 9.75. The average Bonchev–Trinajstić information content (AvgIpc) is 3.02. The van der Waals surface area contributed by atoms with Gasteiger partial charge in [0.15, 0.2) is 23.1 Å². The van der Waals surface area contributed by atoms with Gasteiger partial charge in [-0.2, -0.15) is 0 Å². The summed E-state index contributed by atoms with van der Waals surface area (Å²) in [6, 6.07) is 0. The lowest BCUT2D eigenvalue weighted by molar-refractivity contribution is -0.183. The van der Waals surface area contributed by atoms with Crippen molar-refractivity contribution < 1.29 is 19.0 Å². The summed E-state index contributed by atoms with van der Waals surface area (Å²) in [5.74, 6) is -0.174. The highest BCUT2D eigenvalue weighted by Crippen LogP contribution is 2.32. The van der Waals surface area contributed by atoms with Crippen LogP contribution < -0.4 is 0 Å². The van der Waals surface area contributed by atoms with E-state index in [1.165, 1.54) is 17.2 Å². The minimum absolute atomic E-state index is 0.0989. The molecule has 104 valence electrons. The van der Waals surface area contributed by atoms with Crippen LogP contribution in [0, 0.1) is 0 Å². The highest BCUT2D eigenvalue weighted by atomic mass is 35.5. The molecule has 0 amide bonds. The molecule has 2 aromatic rings. The first-order valence-electron chi connectivity index (χ1n) is 5.97. The van der Waals surface area contributed by atoms with Crippen molar-refractivity contribution in [1.29, 1.82) is 0 Å². The summed E-state index contributed by atoms with van der Waals surface area (Å²) in [4.78, 5) is 24.4. The first kappa shape index (κ1) is 12.2. The fraction of sp³-hybridized carbons (Fsp3) is 0.455. The molecule has 0 N–H and O–H groups in total. The number of fused-ring (bicyclic) bond motifs is 2. The number of rotatable bonds is 1. The lowest BCUT2D eigenvalue weighted by Crippen LogP contribution is -2.39. The number of Topliss-reactive ketones (excluding diaryl/α,β-unsaturated/α-hetero) is 1. The predicted octanol–water partition coefficient (Wildman–Crippen LogP) is 0.319. The van der Waals surface area contributed by atoms with Gasteiger partial charge in [0, 0.05) is 0 Å². The summed E-state index contributed by atoms with van der Waals surface area (Å²) < 4.78 is 17.6. The molecule has 9 heteroatoms. The Kier molecular flexibility index (Phi) is 2.71. The van der Waals surface area contributed by atoms with Crippen LogP contribution in [0.1, 0.15) is 6.23 Å².